The molecule has 2 fully saturated rings. The Morgan fingerprint density at radius 2 is 1.83 bits per heavy atom. The Morgan fingerprint density at radius 1 is 1.12 bits per heavy atom. The fraction of sp³-hybridized carbons (Fsp3) is 0.368. The molecule has 1 aliphatic carbocycles. The van der Waals surface area contributed by atoms with Crippen molar-refractivity contribution in [2.24, 2.45) is 11.3 Å². The number of thiophene rings is 1. The van der Waals surface area contributed by atoms with Gasteiger partial charge in [0.15, 0.2) is 0 Å². The molecule has 124 valence electrons. The molecule has 1 N–H and O–H groups in total. The van der Waals surface area contributed by atoms with E-state index in [9.17, 15) is 14.7 Å². The predicted molar refractivity (Wildman–Crippen MR) is 93.1 cm³/mol. The molecule has 4 nitrogen and oxygen atoms in total. The molecule has 0 radical (unpaired) electrons. The molecule has 4 rings (SSSR count). The fourth-order valence-electron chi connectivity index (χ4n) is 3.87. The molecule has 24 heavy (non-hydrogen) atoms. The van der Waals surface area contributed by atoms with Crippen LogP contribution in [0, 0.1) is 11.3 Å². The normalized spacial score (nSPS) is 21.7. The molecule has 2 heterocycles. The molecule has 0 bridgehead atoms. The van der Waals surface area contributed by atoms with E-state index in [1.54, 1.807) is 0 Å². The Morgan fingerprint density at radius 3 is 2.46 bits per heavy atom. The minimum Gasteiger partial charge on any atom is -0.481 e. The van der Waals surface area contributed by atoms with Gasteiger partial charge in [0.1, 0.15) is 0 Å². The largest absolute Gasteiger partial charge is 0.481 e. The fourth-order valence-corrected chi connectivity index (χ4v) is 4.75. The van der Waals surface area contributed by atoms with Crippen LogP contribution in [0.3, 0.4) is 0 Å². The summed E-state index contributed by atoms with van der Waals surface area (Å²) in [6.45, 7) is 1.32. The Hall–Kier alpha value is -2.14. The van der Waals surface area contributed by atoms with E-state index < -0.39 is 5.97 Å². The number of carboxylic acid groups (broad SMARTS) is 1. The summed E-state index contributed by atoms with van der Waals surface area (Å²) in [7, 11) is 0. The second-order valence-electron chi connectivity index (χ2n) is 6.78. The summed E-state index contributed by atoms with van der Waals surface area (Å²) in [5, 5.41) is 11.1. The Bertz CT molecular complexity index is 775. The lowest BCUT2D eigenvalue weighted by atomic mass is 9.90. The van der Waals surface area contributed by atoms with Gasteiger partial charge in [-0.25, -0.2) is 0 Å². The van der Waals surface area contributed by atoms with E-state index in [-0.39, 0.29) is 17.2 Å². The first-order chi connectivity index (χ1) is 11.6. The average molecular weight is 341 g/mol. The number of hydrogen-bond donors (Lipinski definition) is 1. The molecular formula is C19H19NO3S. The first-order valence-corrected chi connectivity index (χ1v) is 9.14. The van der Waals surface area contributed by atoms with Crippen molar-refractivity contribution in [2.45, 2.75) is 19.3 Å². The van der Waals surface area contributed by atoms with Crippen molar-refractivity contribution in [3.63, 3.8) is 0 Å². The zero-order chi connectivity index (χ0) is 16.7. The van der Waals surface area contributed by atoms with E-state index in [1.807, 2.05) is 46.7 Å². The molecule has 1 spiro atoms. The zero-order valence-electron chi connectivity index (χ0n) is 13.3. The van der Waals surface area contributed by atoms with Gasteiger partial charge in [-0.3, -0.25) is 9.59 Å². The number of benzene rings is 1. The van der Waals surface area contributed by atoms with Crippen LogP contribution in [0.25, 0.3) is 11.1 Å². The van der Waals surface area contributed by atoms with Crippen molar-refractivity contribution in [3.8, 4) is 11.1 Å². The maximum atomic E-state index is 12.9. The van der Waals surface area contributed by atoms with Crippen LogP contribution in [-0.2, 0) is 4.79 Å². The Kier molecular flexibility index (Phi) is 3.68. The SMILES string of the molecule is O=C(O)C1CC12CCN(C(=O)c1sccc1-c1ccccc1)CC2. The molecule has 2 aromatic rings. The van der Waals surface area contributed by atoms with Gasteiger partial charge in [0.05, 0.1) is 10.8 Å². The number of amides is 1. The average Bonchev–Trinajstić information content (AvgIpc) is 3.09. The highest BCUT2D eigenvalue weighted by Gasteiger charge is 2.59. The van der Waals surface area contributed by atoms with E-state index >= 15 is 0 Å². The lowest BCUT2D eigenvalue weighted by Crippen LogP contribution is -2.39. The maximum absolute atomic E-state index is 12.9. The Labute approximate surface area is 144 Å². The van der Waals surface area contributed by atoms with Crippen LogP contribution < -0.4 is 0 Å². The van der Waals surface area contributed by atoms with Gasteiger partial charge in [-0.15, -0.1) is 11.3 Å². The number of hydrogen-bond acceptors (Lipinski definition) is 3. The summed E-state index contributed by atoms with van der Waals surface area (Å²) >= 11 is 1.48. The molecule has 1 aromatic heterocycles. The molecule has 1 saturated heterocycles. The van der Waals surface area contributed by atoms with Crippen molar-refractivity contribution < 1.29 is 14.7 Å². The van der Waals surface area contributed by atoms with E-state index in [1.165, 1.54) is 11.3 Å². The van der Waals surface area contributed by atoms with Crippen LogP contribution >= 0.6 is 11.3 Å². The van der Waals surface area contributed by atoms with Crippen molar-refractivity contribution in [3.05, 3.63) is 46.7 Å². The lowest BCUT2D eigenvalue weighted by molar-refractivity contribution is -0.139. The first-order valence-electron chi connectivity index (χ1n) is 8.26. The van der Waals surface area contributed by atoms with Crippen LogP contribution in [0.15, 0.2) is 41.8 Å². The molecule has 1 amide bonds. The van der Waals surface area contributed by atoms with Crippen molar-refractivity contribution in [2.75, 3.05) is 13.1 Å². The minimum atomic E-state index is -0.681. The first kappa shape index (κ1) is 15.4. The third kappa shape index (κ3) is 2.53. The second kappa shape index (κ2) is 5.74. The number of aliphatic carboxylic acids is 1. The molecular weight excluding hydrogens is 322 g/mol. The van der Waals surface area contributed by atoms with Crippen molar-refractivity contribution in [1.29, 1.82) is 0 Å². The molecule has 1 atom stereocenters. The standard InChI is InChI=1S/C19H19NO3S/c21-17(16-14(6-11-24-16)13-4-2-1-3-5-13)20-9-7-19(8-10-20)12-15(19)18(22)23/h1-6,11,15H,7-10,12H2,(H,22,23). The third-order valence-electron chi connectivity index (χ3n) is 5.48. The molecule has 2 aliphatic rings. The van der Waals surface area contributed by atoms with Gasteiger partial charge in [0, 0.05) is 18.7 Å². The number of piperidine rings is 1. The summed E-state index contributed by atoms with van der Waals surface area (Å²) in [4.78, 5) is 26.8. The Balaban J connectivity index is 1.49. The summed E-state index contributed by atoms with van der Waals surface area (Å²) in [5.41, 5.74) is 2.00. The van der Waals surface area contributed by atoms with Gasteiger partial charge in [0.25, 0.3) is 5.91 Å². The number of nitrogens with zero attached hydrogens (tertiary/aromatic N) is 1. The maximum Gasteiger partial charge on any atom is 0.307 e. The summed E-state index contributed by atoms with van der Waals surface area (Å²) in [5.74, 6) is -0.804. The van der Waals surface area contributed by atoms with Crippen LogP contribution in [-0.4, -0.2) is 35.0 Å². The second-order valence-corrected chi connectivity index (χ2v) is 7.70. The van der Waals surface area contributed by atoms with Crippen LogP contribution in [0.1, 0.15) is 28.9 Å². The molecule has 1 unspecified atom stereocenters. The predicted octanol–water partition coefficient (Wildman–Crippen LogP) is 3.74. The number of rotatable bonds is 3. The number of carbonyl (C=O) groups is 2. The van der Waals surface area contributed by atoms with Gasteiger partial charge in [-0.1, -0.05) is 30.3 Å². The number of carbonyl (C=O) groups excluding carboxylic acids is 1. The quantitative estimate of drug-likeness (QED) is 0.925. The molecule has 1 saturated carbocycles. The molecule has 5 heteroatoms. The summed E-state index contributed by atoms with van der Waals surface area (Å²) < 4.78 is 0. The van der Waals surface area contributed by atoms with E-state index in [4.69, 9.17) is 0 Å². The van der Waals surface area contributed by atoms with Gasteiger partial charge in [-0.2, -0.15) is 0 Å². The number of likely N-dealkylation sites (tertiary alicyclic amines) is 1. The van der Waals surface area contributed by atoms with E-state index in [0.29, 0.717) is 13.1 Å². The van der Waals surface area contributed by atoms with Crippen molar-refractivity contribution in [1.82, 2.24) is 4.90 Å². The smallest absolute Gasteiger partial charge is 0.307 e. The molecule has 1 aromatic carbocycles. The zero-order valence-corrected chi connectivity index (χ0v) is 14.1. The molecule has 1 aliphatic heterocycles. The van der Waals surface area contributed by atoms with Crippen LogP contribution in [0.2, 0.25) is 0 Å². The number of carboxylic acids is 1. The van der Waals surface area contributed by atoms with Crippen molar-refractivity contribution >= 4 is 23.2 Å². The lowest BCUT2D eigenvalue weighted by Gasteiger charge is -2.32. The van der Waals surface area contributed by atoms with E-state index in [0.717, 1.165) is 35.3 Å². The van der Waals surface area contributed by atoms with Gasteiger partial charge >= 0.3 is 5.97 Å². The summed E-state index contributed by atoms with van der Waals surface area (Å²) in [6.07, 6.45) is 2.39. The highest BCUT2D eigenvalue weighted by molar-refractivity contribution is 7.12. The third-order valence-corrected chi connectivity index (χ3v) is 6.38. The summed E-state index contributed by atoms with van der Waals surface area (Å²) in [6, 6.07) is 12.0. The highest BCUT2D eigenvalue weighted by atomic mass is 32.1. The van der Waals surface area contributed by atoms with Gasteiger partial charge in [0.2, 0.25) is 0 Å². The van der Waals surface area contributed by atoms with Gasteiger partial charge < -0.3 is 10.0 Å². The van der Waals surface area contributed by atoms with Crippen LogP contribution in [0.5, 0.6) is 0 Å². The van der Waals surface area contributed by atoms with E-state index in [2.05, 4.69) is 0 Å². The topological polar surface area (TPSA) is 57.6 Å². The van der Waals surface area contributed by atoms with Gasteiger partial charge in [-0.05, 0) is 41.7 Å². The highest BCUT2D eigenvalue weighted by Crippen LogP contribution is 2.59. The minimum absolute atomic E-state index is 0.0413. The van der Waals surface area contributed by atoms with Crippen LogP contribution in [0.4, 0.5) is 0 Å². The monoisotopic (exact) mass is 341 g/mol.